The molecule has 2 aromatic rings. The van der Waals surface area contributed by atoms with Gasteiger partial charge in [-0.3, -0.25) is 9.59 Å². The quantitative estimate of drug-likeness (QED) is 0.729. The molecule has 22 heavy (non-hydrogen) atoms. The number of nitrogens with zero attached hydrogens (tertiary/aromatic N) is 2. The number of amides is 1. The zero-order valence-electron chi connectivity index (χ0n) is 12.4. The van der Waals surface area contributed by atoms with Crippen molar-refractivity contribution in [3.63, 3.8) is 0 Å². The monoisotopic (exact) mass is 306 g/mol. The van der Waals surface area contributed by atoms with Crippen LogP contribution in [0, 0.1) is 0 Å². The number of carbonyl (C=O) groups is 2. The number of aromatic nitrogens is 2. The highest BCUT2D eigenvalue weighted by Gasteiger charge is 2.23. The molecule has 0 saturated carbocycles. The van der Waals surface area contributed by atoms with E-state index in [0.29, 0.717) is 16.8 Å². The fourth-order valence-corrected chi connectivity index (χ4v) is 1.88. The average Bonchev–Trinajstić information content (AvgIpc) is 2.88. The molecule has 0 aliphatic rings. The van der Waals surface area contributed by atoms with E-state index in [1.807, 2.05) is 0 Å². The van der Waals surface area contributed by atoms with Crippen molar-refractivity contribution in [2.45, 2.75) is 19.4 Å². The number of hydrogen-bond acceptors (Lipinski definition) is 6. The molecule has 0 aromatic carbocycles. The summed E-state index contributed by atoms with van der Waals surface area (Å²) in [6.45, 7) is 3.41. The SMILES string of the molecule is CC(C)(COc1ccc2c(C(N)=O)cnn2c1)OC(=O)CN. The van der Waals surface area contributed by atoms with Crippen LogP contribution in [-0.2, 0) is 9.53 Å². The van der Waals surface area contributed by atoms with E-state index in [-0.39, 0.29) is 13.2 Å². The summed E-state index contributed by atoms with van der Waals surface area (Å²) in [5.41, 5.74) is 10.6. The van der Waals surface area contributed by atoms with Crippen molar-refractivity contribution >= 4 is 17.4 Å². The zero-order valence-corrected chi connectivity index (χ0v) is 12.4. The van der Waals surface area contributed by atoms with E-state index in [1.54, 1.807) is 32.2 Å². The highest BCUT2D eigenvalue weighted by atomic mass is 16.6. The first-order chi connectivity index (χ1) is 10.3. The highest BCUT2D eigenvalue weighted by molar-refractivity contribution is 5.99. The van der Waals surface area contributed by atoms with Crippen LogP contribution in [0.15, 0.2) is 24.5 Å². The first-order valence-electron chi connectivity index (χ1n) is 6.64. The molecule has 4 N–H and O–H groups in total. The molecule has 8 heteroatoms. The molecular formula is C14H18N4O4. The second-order valence-electron chi connectivity index (χ2n) is 5.34. The van der Waals surface area contributed by atoms with Gasteiger partial charge in [0, 0.05) is 0 Å². The van der Waals surface area contributed by atoms with E-state index in [0.717, 1.165) is 0 Å². The van der Waals surface area contributed by atoms with Crippen molar-refractivity contribution in [2.24, 2.45) is 11.5 Å². The molecule has 0 fully saturated rings. The summed E-state index contributed by atoms with van der Waals surface area (Å²) in [5.74, 6) is -0.524. The smallest absolute Gasteiger partial charge is 0.320 e. The predicted octanol–water partition coefficient (Wildman–Crippen LogP) is 0.0925. The van der Waals surface area contributed by atoms with Crippen molar-refractivity contribution in [3.8, 4) is 5.75 Å². The molecule has 0 atom stereocenters. The Balaban J connectivity index is 2.09. The molecule has 0 aliphatic heterocycles. The topological polar surface area (TPSA) is 122 Å². The lowest BCUT2D eigenvalue weighted by Gasteiger charge is -2.24. The van der Waals surface area contributed by atoms with Gasteiger partial charge in [0.2, 0.25) is 0 Å². The van der Waals surface area contributed by atoms with Gasteiger partial charge in [-0.2, -0.15) is 5.10 Å². The number of ether oxygens (including phenoxy) is 2. The first-order valence-corrected chi connectivity index (χ1v) is 6.64. The second kappa shape index (κ2) is 6.02. The lowest BCUT2D eigenvalue weighted by Crippen LogP contribution is -2.37. The van der Waals surface area contributed by atoms with Crippen molar-refractivity contribution in [2.75, 3.05) is 13.2 Å². The minimum absolute atomic E-state index is 0.147. The molecule has 2 aromatic heterocycles. The van der Waals surface area contributed by atoms with Gasteiger partial charge in [0.15, 0.2) is 0 Å². The van der Waals surface area contributed by atoms with Gasteiger partial charge in [-0.05, 0) is 26.0 Å². The van der Waals surface area contributed by atoms with E-state index >= 15 is 0 Å². The van der Waals surface area contributed by atoms with E-state index in [2.05, 4.69) is 5.10 Å². The fraction of sp³-hybridized carbons (Fsp3) is 0.357. The molecule has 2 rings (SSSR count). The molecule has 1 amide bonds. The molecule has 0 radical (unpaired) electrons. The number of fused-ring (bicyclic) bond motifs is 1. The largest absolute Gasteiger partial charge is 0.488 e. The van der Waals surface area contributed by atoms with Crippen LogP contribution in [0.5, 0.6) is 5.75 Å². The highest BCUT2D eigenvalue weighted by Crippen LogP contribution is 2.18. The number of pyridine rings is 1. The third-order valence-corrected chi connectivity index (χ3v) is 2.90. The summed E-state index contributed by atoms with van der Waals surface area (Å²) in [4.78, 5) is 22.4. The van der Waals surface area contributed by atoms with E-state index in [4.69, 9.17) is 20.9 Å². The Morgan fingerprint density at radius 2 is 2.09 bits per heavy atom. The lowest BCUT2D eigenvalue weighted by atomic mass is 10.1. The van der Waals surface area contributed by atoms with Crippen LogP contribution in [0.2, 0.25) is 0 Å². The number of nitrogens with two attached hydrogens (primary N) is 2. The molecular weight excluding hydrogens is 288 g/mol. The zero-order chi connectivity index (χ0) is 16.3. The van der Waals surface area contributed by atoms with Gasteiger partial charge in [-0.25, -0.2) is 4.52 Å². The minimum atomic E-state index is -0.812. The second-order valence-corrected chi connectivity index (χ2v) is 5.34. The molecule has 0 unspecified atom stereocenters. The minimum Gasteiger partial charge on any atom is -0.488 e. The first kappa shape index (κ1) is 15.8. The third kappa shape index (κ3) is 3.53. The Hall–Kier alpha value is -2.61. The van der Waals surface area contributed by atoms with Crippen LogP contribution in [-0.4, -0.2) is 40.2 Å². The number of rotatable bonds is 6. The van der Waals surface area contributed by atoms with Crippen molar-refractivity contribution in [3.05, 3.63) is 30.1 Å². The van der Waals surface area contributed by atoms with Crippen LogP contribution in [0.4, 0.5) is 0 Å². The molecule has 0 aliphatic carbocycles. The van der Waals surface area contributed by atoms with Crippen molar-refractivity contribution in [1.29, 1.82) is 0 Å². The Bertz CT molecular complexity index is 708. The third-order valence-electron chi connectivity index (χ3n) is 2.90. The Kier molecular flexibility index (Phi) is 4.32. The van der Waals surface area contributed by atoms with Gasteiger partial charge >= 0.3 is 5.97 Å². The number of carbonyl (C=O) groups excluding carboxylic acids is 2. The standard InChI is InChI=1S/C14H18N4O4/c1-14(2,22-12(19)5-15)8-21-9-3-4-11-10(13(16)20)6-17-18(11)7-9/h3-4,6-7H,5,8,15H2,1-2H3,(H2,16,20). The molecule has 0 bridgehead atoms. The van der Waals surface area contributed by atoms with Crippen LogP contribution in [0.1, 0.15) is 24.2 Å². The van der Waals surface area contributed by atoms with Crippen LogP contribution >= 0.6 is 0 Å². The molecule has 118 valence electrons. The molecule has 2 heterocycles. The summed E-state index contributed by atoms with van der Waals surface area (Å²) in [6, 6.07) is 3.37. The maximum atomic E-state index is 11.2. The van der Waals surface area contributed by atoms with E-state index in [9.17, 15) is 9.59 Å². The van der Waals surface area contributed by atoms with Gasteiger partial charge in [0.25, 0.3) is 5.91 Å². The van der Waals surface area contributed by atoms with Gasteiger partial charge in [-0.15, -0.1) is 0 Å². The van der Waals surface area contributed by atoms with Crippen molar-refractivity contribution < 1.29 is 19.1 Å². The Morgan fingerprint density at radius 3 is 2.73 bits per heavy atom. The summed E-state index contributed by atoms with van der Waals surface area (Å²) in [6.07, 6.45) is 3.01. The summed E-state index contributed by atoms with van der Waals surface area (Å²) < 4.78 is 12.3. The van der Waals surface area contributed by atoms with Gasteiger partial charge in [0.1, 0.15) is 18.0 Å². The maximum absolute atomic E-state index is 11.2. The van der Waals surface area contributed by atoms with Gasteiger partial charge in [0.05, 0.1) is 30.0 Å². The maximum Gasteiger partial charge on any atom is 0.320 e. The number of hydrogen-bond donors (Lipinski definition) is 2. The van der Waals surface area contributed by atoms with Crippen LogP contribution in [0.25, 0.3) is 5.52 Å². The summed E-state index contributed by atoms with van der Waals surface area (Å²) in [5, 5.41) is 4.04. The van der Waals surface area contributed by atoms with E-state index in [1.165, 1.54) is 10.7 Å². The molecule has 0 spiro atoms. The number of esters is 1. The summed E-state index contributed by atoms with van der Waals surface area (Å²) in [7, 11) is 0. The average molecular weight is 306 g/mol. The lowest BCUT2D eigenvalue weighted by molar-refractivity contribution is -0.157. The number of primary amides is 1. The molecule has 8 nitrogen and oxygen atoms in total. The van der Waals surface area contributed by atoms with E-state index < -0.39 is 17.5 Å². The Labute approximate surface area is 127 Å². The summed E-state index contributed by atoms with van der Waals surface area (Å²) >= 11 is 0. The normalized spacial score (nSPS) is 11.4. The van der Waals surface area contributed by atoms with Crippen molar-refractivity contribution in [1.82, 2.24) is 9.61 Å². The molecule has 0 saturated heterocycles. The van der Waals surface area contributed by atoms with Gasteiger partial charge < -0.3 is 20.9 Å². The van der Waals surface area contributed by atoms with Crippen LogP contribution < -0.4 is 16.2 Å². The predicted molar refractivity (Wildman–Crippen MR) is 78.4 cm³/mol. The van der Waals surface area contributed by atoms with Gasteiger partial charge in [-0.1, -0.05) is 0 Å². The fourth-order valence-electron chi connectivity index (χ4n) is 1.88. The Morgan fingerprint density at radius 1 is 1.36 bits per heavy atom. The van der Waals surface area contributed by atoms with Crippen LogP contribution in [0.3, 0.4) is 0 Å².